The quantitative estimate of drug-likeness (QED) is 0.275. The highest BCUT2D eigenvalue weighted by Crippen LogP contribution is 2.24. The van der Waals surface area contributed by atoms with Crippen molar-refractivity contribution < 1.29 is 9.84 Å². The van der Waals surface area contributed by atoms with Crippen molar-refractivity contribution >= 4 is 34.5 Å². The van der Waals surface area contributed by atoms with Gasteiger partial charge in [0.2, 0.25) is 0 Å². The smallest absolute Gasteiger partial charge is 0.329 e. The maximum Gasteiger partial charge on any atom is 0.329 e. The molecule has 1 aromatic carbocycles. The number of aliphatic hydroxyl groups excluding tert-OH is 1. The largest absolute Gasteiger partial charge is 0.491 e. The summed E-state index contributed by atoms with van der Waals surface area (Å²) in [6.07, 6.45) is 6.23. The van der Waals surface area contributed by atoms with Gasteiger partial charge in [0.15, 0.2) is 16.3 Å². The molecule has 0 spiro atoms. The molecule has 0 bridgehead atoms. The van der Waals surface area contributed by atoms with Gasteiger partial charge in [-0.05, 0) is 30.7 Å². The van der Waals surface area contributed by atoms with Crippen LogP contribution in [0.15, 0.2) is 39.0 Å². The topological polar surface area (TPSA) is 102 Å². The van der Waals surface area contributed by atoms with Crippen LogP contribution in [0.3, 0.4) is 0 Å². The third-order valence-corrected chi connectivity index (χ3v) is 6.67. The highest BCUT2D eigenvalue weighted by Gasteiger charge is 2.20. The Hall–Kier alpha value is -2.23. The van der Waals surface area contributed by atoms with Gasteiger partial charge >= 0.3 is 5.69 Å². The summed E-state index contributed by atoms with van der Waals surface area (Å²) in [6.45, 7) is 2.35. The van der Waals surface area contributed by atoms with Crippen LogP contribution in [-0.4, -0.2) is 42.7 Å². The minimum Gasteiger partial charge on any atom is -0.491 e. The van der Waals surface area contributed by atoms with E-state index in [0.717, 1.165) is 18.6 Å². The zero-order chi connectivity index (χ0) is 23.8. The molecule has 0 aliphatic heterocycles. The molecule has 0 fully saturated rings. The molecule has 10 heteroatoms. The standard InChI is InChI=1S/C23H31ClN4O4S/c1-3-4-5-6-7-8-13-33-23-25-20-19(21(30)26-22(31)27(20)2)28(23)14-17(29)15-32-18-11-9-16(24)10-12-18/h9-12,17,29H,3-8,13-15H2,1-2H3,(H,26,30,31)/t17-/m1/s1. The van der Waals surface area contributed by atoms with E-state index in [1.807, 2.05) is 0 Å². The molecule has 3 aromatic rings. The number of H-pyrrole nitrogens is 1. The Morgan fingerprint density at radius 1 is 1.15 bits per heavy atom. The molecule has 0 saturated heterocycles. The maximum absolute atomic E-state index is 12.6. The third kappa shape index (κ3) is 6.88. The van der Waals surface area contributed by atoms with Gasteiger partial charge in [-0.25, -0.2) is 9.78 Å². The summed E-state index contributed by atoms with van der Waals surface area (Å²) in [5, 5.41) is 11.8. The van der Waals surface area contributed by atoms with Gasteiger partial charge in [-0.3, -0.25) is 14.3 Å². The summed E-state index contributed by atoms with van der Waals surface area (Å²) in [4.78, 5) is 31.5. The maximum atomic E-state index is 12.6. The van der Waals surface area contributed by atoms with Crippen LogP contribution in [0, 0.1) is 0 Å². The first-order valence-electron chi connectivity index (χ1n) is 11.3. The van der Waals surface area contributed by atoms with E-state index in [1.165, 1.54) is 42.0 Å². The van der Waals surface area contributed by atoms with Gasteiger partial charge < -0.3 is 14.4 Å². The Bertz CT molecular complexity index is 1160. The molecule has 0 aliphatic rings. The molecular weight excluding hydrogens is 464 g/mol. The minimum atomic E-state index is -0.886. The van der Waals surface area contributed by atoms with Gasteiger partial charge in [0.1, 0.15) is 18.5 Å². The molecule has 8 nitrogen and oxygen atoms in total. The summed E-state index contributed by atoms with van der Waals surface area (Å²) < 4.78 is 8.66. The number of nitrogens with one attached hydrogen (secondary N) is 1. The molecule has 2 heterocycles. The third-order valence-electron chi connectivity index (χ3n) is 5.35. The molecule has 2 aromatic heterocycles. The van der Waals surface area contributed by atoms with E-state index in [2.05, 4.69) is 16.9 Å². The molecule has 0 radical (unpaired) electrons. The summed E-state index contributed by atoms with van der Waals surface area (Å²) in [5.41, 5.74) is -0.456. The summed E-state index contributed by atoms with van der Waals surface area (Å²) >= 11 is 7.43. The zero-order valence-electron chi connectivity index (χ0n) is 19.1. The Labute approximate surface area is 201 Å². The average Bonchev–Trinajstić information content (AvgIpc) is 3.15. The number of unbranched alkanes of at least 4 members (excludes halogenated alkanes) is 5. The van der Waals surface area contributed by atoms with E-state index >= 15 is 0 Å². The highest BCUT2D eigenvalue weighted by molar-refractivity contribution is 7.99. The lowest BCUT2D eigenvalue weighted by Crippen LogP contribution is -2.30. The van der Waals surface area contributed by atoms with Gasteiger partial charge in [0, 0.05) is 17.8 Å². The zero-order valence-corrected chi connectivity index (χ0v) is 20.6. The molecule has 1 atom stereocenters. The summed E-state index contributed by atoms with van der Waals surface area (Å²) in [7, 11) is 1.57. The second kappa shape index (κ2) is 12.3. The van der Waals surface area contributed by atoms with Gasteiger partial charge in [0.05, 0.1) is 6.54 Å². The van der Waals surface area contributed by atoms with Crippen LogP contribution < -0.4 is 16.0 Å². The van der Waals surface area contributed by atoms with E-state index in [1.54, 1.807) is 35.9 Å². The fourth-order valence-electron chi connectivity index (χ4n) is 3.53. The average molecular weight is 495 g/mol. The van der Waals surface area contributed by atoms with Gasteiger partial charge in [0.25, 0.3) is 5.56 Å². The summed E-state index contributed by atoms with van der Waals surface area (Å²) in [5.74, 6) is 1.44. The molecule has 180 valence electrons. The first-order valence-corrected chi connectivity index (χ1v) is 12.7. The van der Waals surface area contributed by atoms with Crippen molar-refractivity contribution in [3.05, 3.63) is 50.1 Å². The van der Waals surface area contributed by atoms with Crippen LogP contribution >= 0.6 is 23.4 Å². The number of thioether (sulfide) groups is 1. The highest BCUT2D eigenvalue weighted by atomic mass is 35.5. The molecule has 3 rings (SSSR count). The molecule has 0 saturated carbocycles. The van der Waals surface area contributed by atoms with E-state index in [-0.39, 0.29) is 18.7 Å². The first-order chi connectivity index (χ1) is 15.9. The van der Waals surface area contributed by atoms with Crippen molar-refractivity contribution in [2.75, 3.05) is 12.4 Å². The fraction of sp³-hybridized carbons (Fsp3) is 0.522. The number of hydrogen-bond donors (Lipinski definition) is 2. The van der Waals surface area contributed by atoms with Crippen molar-refractivity contribution in [1.82, 2.24) is 19.1 Å². The molecule has 2 N–H and O–H groups in total. The number of hydrogen-bond acceptors (Lipinski definition) is 6. The van der Waals surface area contributed by atoms with Gasteiger partial charge in [-0.15, -0.1) is 0 Å². The Kier molecular flexibility index (Phi) is 9.46. The van der Waals surface area contributed by atoms with E-state index in [4.69, 9.17) is 16.3 Å². The lowest BCUT2D eigenvalue weighted by atomic mass is 10.1. The molecular formula is C23H31ClN4O4S. The van der Waals surface area contributed by atoms with Crippen LogP contribution in [0.1, 0.15) is 45.4 Å². The van der Waals surface area contributed by atoms with Crippen LogP contribution in [0.2, 0.25) is 5.02 Å². The Morgan fingerprint density at radius 3 is 2.58 bits per heavy atom. The van der Waals surface area contributed by atoms with Crippen molar-refractivity contribution in [1.29, 1.82) is 0 Å². The number of aliphatic hydroxyl groups is 1. The van der Waals surface area contributed by atoms with Crippen LogP contribution in [0.25, 0.3) is 11.2 Å². The van der Waals surface area contributed by atoms with Crippen LogP contribution in [-0.2, 0) is 13.6 Å². The Balaban J connectivity index is 1.73. The number of aromatic nitrogens is 4. The monoisotopic (exact) mass is 494 g/mol. The van der Waals surface area contributed by atoms with E-state index in [0.29, 0.717) is 21.6 Å². The summed E-state index contributed by atoms with van der Waals surface area (Å²) in [6, 6.07) is 6.88. The number of ether oxygens (including phenoxy) is 1. The molecule has 0 aliphatic carbocycles. The number of fused-ring (bicyclic) bond motifs is 1. The number of imidazole rings is 1. The Morgan fingerprint density at radius 2 is 1.85 bits per heavy atom. The van der Waals surface area contributed by atoms with Gasteiger partial charge in [-0.2, -0.15) is 0 Å². The predicted molar refractivity (Wildman–Crippen MR) is 133 cm³/mol. The SMILES string of the molecule is CCCCCCCCSc1nc2c(c(=O)[nH]c(=O)n2C)n1C[C@@H](O)COc1ccc(Cl)cc1. The number of nitrogens with zero attached hydrogens (tertiary/aromatic N) is 3. The number of rotatable bonds is 13. The second-order valence-corrected chi connectivity index (χ2v) is 9.53. The lowest BCUT2D eigenvalue weighted by molar-refractivity contribution is 0.0914. The molecule has 33 heavy (non-hydrogen) atoms. The van der Waals surface area contributed by atoms with Gasteiger partial charge in [-0.1, -0.05) is 62.4 Å². The van der Waals surface area contributed by atoms with Crippen molar-refractivity contribution in [2.24, 2.45) is 7.05 Å². The van der Waals surface area contributed by atoms with Crippen molar-refractivity contribution in [3.8, 4) is 5.75 Å². The number of aromatic amines is 1. The molecule has 0 amide bonds. The lowest BCUT2D eigenvalue weighted by Gasteiger charge is -2.15. The predicted octanol–water partition coefficient (Wildman–Crippen LogP) is 3.97. The number of benzene rings is 1. The molecule has 0 unspecified atom stereocenters. The normalized spacial score (nSPS) is 12.4. The van der Waals surface area contributed by atoms with Crippen molar-refractivity contribution in [2.45, 2.75) is 63.3 Å². The van der Waals surface area contributed by atoms with Crippen LogP contribution in [0.4, 0.5) is 0 Å². The first kappa shape index (κ1) is 25.4. The van der Waals surface area contributed by atoms with E-state index < -0.39 is 17.4 Å². The van der Waals surface area contributed by atoms with Crippen molar-refractivity contribution in [3.63, 3.8) is 0 Å². The van der Waals surface area contributed by atoms with Crippen LogP contribution in [0.5, 0.6) is 5.75 Å². The second-order valence-electron chi connectivity index (χ2n) is 8.03. The number of aryl methyl sites for hydroxylation is 1. The number of halogens is 1. The fourth-order valence-corrected chi connectivity index (χ4v) is 4.66. The van der Waals surface area contributed by atoms with E-state index in [9.17, 15) is 14.7 Å². The minimum absolute atomic E-state index is 0.0342.